The zero-order valence-corrected chi connectivity index (χ0v) is 9.73. The lowest BCUT2D eigenvalue weighted by Gasteiger charge is -2.32. The Morgan fingerprint density at radius 3 is 2.82 bits per heavy atom. The maximum Gasteiger partial charge on any atom is 0.308 e. The van der Waals surface area contributed by atoms with Crippen LogP contribution in [0, 0.1) is 11.9 Å². The largest absolute Gasteiger partial charge is 0.469 e. The van der Waals surface area contributed by atoms with Gasteiger partial charge in [0.15, 0.2) is 0 Å². The third-order valence-electron chi connectivity index (χ3n) is 3.10. The van der Waals surface area contributed by atoms with Crippen LogP contribution in [0.3, 0.4) is 0 Å². The summed E-state index contributed by atoms with van der Waals surface area (Å²) in [6.45, 7) is 1.48. The van der Waals surface area contributed by atoms with Crippen molar-refractivity contribution in [2.45, 2.75) is 12.8 Å². The molecule has 0 aliphatic carbocycles. The monoisotopic (exact) mass is 238 g/mol. The molecule has 2 rings (SSSR count). The average Bonchev–Trinajstić information content (AvgIpc) is 2.38. The van der Waals surface area contributed by atoms with Crippen LogP contribution in [-0.2, 0) is 9.53 Å². The molecule has 1 fully saturated rings. The summed E-state index contributed by atoms with van der Waals surface area (Å²) < 4.78 is 17.7. The van der Waals surface area contributed by atoms with Gasteiger partial charge in [-0.15, -0.1) is 0 Å². The number of hydrogen-bond acceptors (Lipinski definition) is 4. The Hall–Kier alpha value is -1.65. The number of piperidine rings is 1. The van der Waals surface area contributed by atoms with Crippen molar-refractivity contribution in [3.05, 3.63) is 24.3 Å². The van der Waals surface area contributed by atoms with Crippen molar-refractivity contribution < 1.29 is 13.9 Å². The molecule has 5 heteroatoms. The lowest BCUT2D eigenvalue weighted by atomic mass is 9.97. The van der Waals surface area contributed by atoms with Gasteiger partial charge in [-0.05, 0) is 18.9 Å². The molecule has 1 aromatic rings. The first-order valence-electron chi connectivity index (χ1n) is 5.65. The van der Waals surface area contributed by atoms with Crippen LogP contribution in [0.15, 0.2) is 18.3 Å². The number of nitrogens with zero attached hydrogens (tertiary/aromatic N) is 2. The van der Waals surface area contributed by atoms with E-state index in [2.05, 4.69) is 9.88 Å². The molecular weight excluding hydrogens is 223 g/mol. The number of aromatic nitrogens is 1. The van der Waals surface area contributed by atoms with E-state index in [1.165, 1.54) is 19.4 Å². The molecule has 0 saturated carbocycles. The van der Waals surface area contributed by atoms with Crippen molar-refractivity contribution in [1.82, 2.24) is 4.98 Å². The van der Waals surface area contributed by atoms with E-state index < -0.39 is 5.95 Å². The molecule has 1 aliphatic heterocycles. The number of carbonyl (C=O) groups is 1. The van der Waals surface area contributed by atoms with Crippen LogP contribution in [-0.4, -0.2) is 31.2 Å². The van der Waals surface area contributed by atoms with Crippen molar-refractivity contribution in [1.29, 1.82) is 0 Å². The number of rotatable bonds is 2. The first kappa shape index (κ1) is 11.8. The number of pyridine rings is 1. The Bertz CT molecular complexity index is 403. The van der Waals surface area contributed by atoms with Crippen LogP contribution in [0.4, 0.5) is 10.1 Å². The van der Waals surface area contributed by atoms with Crippen LogP contribution in [0.5, 0.6) is 0 Å². The third kappa shape index (κ3) is 2.72. The second kappa shape index (κ2) is 5.12. The lowest BCUT2D eigenvalue weighted by Crippen LogP contribution is -2.36. The molecule has 0 unspecified atom stereocenters. The summed E-state index contributed by atoms with van der Waals surface area (Å²) in [6, 6.07) is 3.19. The quantitative estimate of drug-likeness (QED) is 0.580. The van der Waals surface area contributed by atoms with Crippen molar-refractivity contribution in [3.8, 4) is 0 Å². The van der Waals surface area contributed by atoms with E-state index in [0.717, 1.165) is 31.6 Å². The molecule has 1 aliphatic rings. The first-order chi connectivity index (χ1) is 8.20. The van der Waals surface area contributed by atoms with E-state index in [9.17, 15) is 9.18 Å². The van der Waals surface area contributed by atoms with Gasteiger partial charge in [0, 0.05) is 31.0 Å². The van der Waals surface area contributed by atoms with Gasteiger partial charge in [0.1, 0.15) is 0 Å². The number of anilines is 1. The van der Waals surface area contributed by atoms with Gasteiger partial charge in [0.25, 0.3) is 0 Å². The molecule has 0 N–H and O–H groups in total. The second-order valence-electron chi connectivity index (χ2n) is 4.12. The van der Waals surface area contributed by atoms with Gasteiger partial charge in [0.05, 0.1) is 13.0 Å². The minimum Gasteiger partial charge on any atom is -0.469 e. The van der Waals surface area contributed by atoms with Crippen LogP contribution < -0.4 is 4.90 Å². The highest BCUT2D eigenvalue weighted by atomic mass is 19.1. The topological polar surface area (TPSA) is 42.4 Å². The fourth-order valence-corrected chi connectivity index (χ4v) is 2.13. The minimum atomic E-state index is -0.474. The Morgan fingerprint density at radius 1 is 1.53 bits per heavy atom. The SMILES string of the molecule is COC(=O)C1CCN(c2ccnc(F)c2)CC1. The molecular formula is C12H15FN2O2. The fraction of sp³-hybridized carbons (Fsp3) is 0.500. The molecule has 0 spiro atoms. The summed E-state index contributed by atoms with van der Waals surface area (Å²) in [7, 11) is 1.41. The van der Waals surface area contributed by atoms with E-state index in [1.54, 1.807) is 6.07 Å². The van der Waals surface area contributed by atoms with Gasteiger partial charge in [-0.2, -0.15) is 4.39 Å². The summed E-state index contributed by atoms with van der Waals surface area (Å²) >= 11 is 0. The summed E-state index contributed by atoms with van der Waals surface area (Å²) in [6.07, 6.45) is 2.95. The van der Waals surface area contributed by atoms with Crippen LogP contribution in [0.2, 0.25) is 0 Å². The summed E-state index contributed by atoms with van der Waals surface area (Å²) in [4.78, 5) is 16.9. The maximum atomic E-state index is 13.0. The zero-order valence-electron chi connectivity index (χ0n) is 9.73. The van der Waals surface area contributed by atoms with Crippen molar-refractivity contribution in [3.63, 3.8) is 0 Å². The zero-order chi connectivity index (χ0) is 12.3. The fourth-order valence-electron chi connectivity index (χ4n) is 2.13. The highest BCUT2D eigenvalue weighted by Crippen LogP contribution is 2.23. The van der Waals surface area contributed by atoms with Crippen LogP contribution >= 0.6 is 0 Å². The molecule has 0 atom stereocenters. The lowest BCUT2D eigenvalue weighted by molar-refractivity contribution is -0.146. The van der Waals surface area contributed by atoms with E-state index in [4.69, 9.17) is 4.74 Å². The number of methoxy groups -OCH3 is 1. The van der Waals surface area contributed by atoms with E-state index in [0.29, 0.717) is 0 Å². The van der Waals surface area contributed by atoms with Crippen LogP contribution in [0.1, 0.15) is 12.8 Å². The molecule has 0 bridgehead atoms. The Morgan fingerprint density at radius 2 is 2.24 bits per heavy atom. The van der Waals surface area contributed by atoms with Gasteiger partial charge in [-0.3, -0.25) is 4.79 Å². The Labute approximate surface area is 99.4 Å². The maximum absolute atomic E-state index is 13.0. The summed E-state index contributed by atoms with van der Waals surface area (Å²) in [5.74, 6) is -0.647. The molecule has 0 amide bonds. The van der Waals surface area contributed by atoms with E-state index in [-0.39, 0.29) is 11.9 Å². The summed E-state index contributed by atoms with van der Waals surface area (Å²) in [5.41, 5.74) is 0.820. The predicted octanol–water partition coefficient (Wildman–Crippen LogP) is 1.61. The highest BCUT2D eigenvalue weighted by Gasteiger charge is 2.25. The molecule has 0 aromatic carbocycles. The standard InChI is InChI=1S/C12H15FN2O2/c1-17-12(16)9-3-6-15(7-4-9)10-2-5-14-11(13)8-10/h2,5,8-9H,3-4,6-7H2,1H3. The number of hydrogen-bond donors (Lipinski definition) is 0. The number of ether oxygens (including phenoxy) is 1. The second-order valence-corrected chi connectivity index (χ2v) is 4.12. The van der Waals surface area contributed by atoms with Crippen LogP contribution in [0.25, 0.3) is 0 Å². The van der Waals surface area contributed by atoms with Gasteiger partial charge in [-0.25, -0.2) is 4.98 Å². The van der Waals surface area contributed by atoms with Crippen molar-refractivity contribution in [2.75, 3.05) is 25.1 Å². The van der Waals surface area contributed by atoms with Gasteiger partial charge >= 0.3 is 5.97 Å². The van der Waals surface area contributed by atoms with Crippen molar-refractivity contribution >= 4 is 11.7 Å². The number of carbonyl (C=O) groups excluding carboxylic acids is 1. The molecule has 17 heavy (non-hydrogen) atoms. The van der Waals surface area contributed by atoms with Crippen molar-refractivity contribution in [2.24, 2.45) is 5.92 Å². The van der Waals surface area contributed by atoms with Gasteiger partial charge in [-0.1, -0.05) is 0 Å². The Balaban J connectivity index is 1.97. The normalized spacial score (nSPS) is 16.9. The molecule has 2 heterocycles. The smallest absolute Gasteiger partial charge is 0.308 e. The number of esters is 1. The van der Waals surface area contributed by atoms with E-state index >= 15 is 0 Å². The summed E-state index contributed by atoms with van der Waals surface area (Å²) in [5, 5.41) is 0. The highest BCUT2D eigenvalue weighted by molar-refractivity contribution is 5.72. The Kier molecular flexibility index (Phi) is 3.56. The van der Waals surface area contributed by atoms with E-state index in [1.807, 2.05) is 0 Å². The molecule has 0 radical (unpaired) electrons. The first-order valence-corrected chi connectivity index (χ1v) is 5.65. The van der Waals surface area contributed by atoms with Gasteiger partial charge < -0.3 is 9.64 Å². The third-order valence-corrected chi connectivity index (χ3v) is 3.10. The minimum absolute atomic E-state index is 0.0251. The molecule has 1 aromatic heterocycles. The van der Waals surface area contributed by atoms with Gasteiger partial charge in [0.2, 0.25) is 5.95 Å². The average molecular weight is 238 g/mol. The number of halogens is 1. The molecule has 4 nitrogen and oxygen atoms in total. The molecule has 1 saturated heterocycles. The molecule has 92 valence electrons. The predicted molar refractivity (Wildman–Crippen MR) is 61.1 cm³/mol.